The molecule has 5 nitrogen and oxygen atoms in total. The van der Waals surface area contributed by atoms with E-state index in [-0.39, 0.29) is 25.2 Å². The number of ether oxygens (including phenoxy) is 3. The number of carbonyl (C=O) groups is 2. The van der Waals surface area contributed by atoms with Gasteiger partial charge < -0.3 is 14.2 Å². The molecule has 0 aliphatic heterocycles. The Morgan fingerprint density at radius 2 is 0.682 bits per heavy atom. The molecular weight excluding hydrogens is 813 g/mol. The van der Waals surface area contributed by atoms with E-state index in [1.54, 1.807) is 0 Å². The number of carbonyl (C=O) groups excluding carboxylic acids is 2. The average Bonchev–Trinajstić information content (AvgIpc) is 3.32. The van der Waals surface area contributed by atoms with Crippen molar-refractivity contribution in [2.45, 2.75) is 245 Å². The van der Waals surface area contributed by atoms with Crippen LogP contribution in [-0.4, -0.2) is 37.9 Å². The third kappa shape index (κ3) is 53.2. The second kappa shape index (κ2) is 55.9. The van der Waals surface area contributed by atoms with Crippen molar-refractivity contribution in [3.8, 4) is 0 Å². The van der Waals surface area contributed by atoms with Gasteiger partial charge in [0, 0.05) is 19.4 Å². The average molecular weight is 915 g/mol. The molecule has 0 aliphatic carbocycles. The highest BCUT2D eigenvalue weighted by Crippen LogP contribution is 2.14. The first-order chi connectivity index (χ1) is 32.6. The van der Waals surface area contributed by atoms with Crippen molar-refractivity contribution in [2.24, 2.45) is 0 Å². The fourth-order valence-corrected chi connectivity index (χ4v) is 7.29. The van der Waals surface area contributed by atoms with Crippen LogP contribution in [0.2, 0.25) is 0 Å². The number of hydrogen-bond donors (Lipinski definition) is 0. The summed E-state index contributed by atoms with van der Waals surface area (Å²) in [5, 5.41) is 0. The molecule has 0 aliphatic rings. The van der Waals surface area contributed by atoms with Crippen molar-refractivity contribution in [3.05, 3.63) is 109 Å². The van der Waals surface area contributed by atoms with Crippen molar-refractivity contribution in [1.29, 1.82) is 0 Å². The Morgan fingerprint density at radius 1 is 0.348 bits per heavy atom. The monoisotopic (exact) mass is 915 g/mol. The lowest BCUT2D eigenvalue weighted by Gasteiger charge is -2.18. The highest BCUT2D eigenvalue weighted by atomic mass is 16.6. The molecule has 0 aromatic heterocycles. The second-order valence-corrected chi connectivity index (χ2v) is 17.7. The SMILES string of the molecule is CC/C=C\C/C=C\C/C=C\C/C=C\C/C=C\CCCCCCOCC(COC(=O)CCCCCC/C=C\C/C=C\C/C=C\C/C=C\CC)OC(=O)CCCCCCCCCCCCCCC. The zero-order valence-electron chi connectivity index (χ0n) is 43.2. The van der Waals surface area contributed by atoms with Crippen LogP contribution in [0.15, 0.2) is 109 Å². The molecule has 0 heterocycles. The first-order valence-corrected chi connectivity index (χ1v) is 27.4. The lowest BCUT2D eigenvalue weighted by Crippen LogP contribution is -2.30. The van der Waals surface area contributed by atoms with E-state index < -0.39 is 6.10 Å². The highest BCUT2D eigenvalue weighted by Gasteiger charge is 2.17. The summed E-state index contributed by atoms with van der Waals surface area (Å²) in [6, 6.07) is 0. The van der Waals surface area contributed by atoms with Crippen molar-refractivity contribution >= 4 is 11.9 Å². The first kappa shape index (κ1) is 62.6. The van der Waals surface area contributed by atoms with Crippen LogP contribution in [0.4, 0.5) is 0 Å². The molecule has 1 unspecified atom stereocenters. The van der Waals surface area contributed by atoms with Gasteiger partial charge in [0.2, 0.25) is 0 Å². The molecular formula is C61H102O5. The number of unbranched alkanes of at least 4 members (excludes halogenated alkanes) is 20. The quantitative estimate of drug-likeness (QED) is 0.0346. The summed E-state index contributed by atoms with van der Waals surface area (Å²) in [4.78, 5) is 25.5. The Hall–Kier alpha value is -3.44. The van der Waals surface area contributed by atoms with Gasteiger partial charge in [-0.25, -0.2) is 0 Å². The molecule has 0 aromatic rings. The maximum absolute atomic E-state index is 12.8. The van der Waals surface area contributed by atoms with Crippen LogP contribution in [-0.2, 0) is 23.8 Å². The zero-order chi connectivity index (χ0) is 47.7. The lowest BCUT2D eigenvalue weighted by atomic mass is 10.0. The topological polar surface area (TPSA) is 61.8 Å². The van der Waals surface area contributed by atoms with Crippen LogP contribution < -0.4 is 0 Å². The van der Waals surface area contributed by atoms with Crippen molar-refractivity contribution in [1.82, 2.24) is 0 Å². The fourth-order valence-electron chi connectivity index (χ4n) is 7.29. The number of hydrogen-bond acceptors (Lipinski definition) is 5. The molecule has 0 amide bonds. The predicted molar refractivity (Wildman–Crippen MR) is 288 cm³/mol. The van der Waals surface area contributed by atoms with Crippen molar-refractivity contribution < 1.29 is 23.8 Å². The number of rotatable bonds is 49. The van der Waals surface area contributed by atoms with Crippen molar-refractivity contribution in [3.63, 3.8) is 0 Å². The minimum atomic E-state index is -0.565. The summed E-state index contributed by atoms with van der Waals surface area (Å²) in [5.41, 5.74) is 0. The van der Waals surface area contributed by atoms with Crippen LogP contribution >= 0.6 is 0 Å². The summed E-state index contributed by atoms with van der Waals surface area (Å²) in [6.45, 7) is 7.52. The summed E-state index contributed by atoms with van der Waals surface area (Å²) in [7, 11) is 0. The molecule has 0 N–H and O–H groups in total. The van der Waals surface area contributed by atoms with Crippen molar-refractivity contribution in [2.75, 3.05) is 19.8 Å². The largest absolute Gasteiger partial charge is 0.462 e. The maximum atomic E-state index is 12.8. The van der Waals surface area contributed by atoms with E-state index in [4.69, 9.17) is 14.2 Å². The van der Waals surface area contributed by atoms with Gasteiger partial charge in [-0.2, -0.15) is 0 Å². The smallest absolute Gasteiger partial charge is 0.306 e. The van der Waals surface area contributed by atoms with Gasteiger partial charge in [-0.15, -0.1) is 0 Å². The lowest BCUT2D eigenvalue weighted by molar-refractivity contribution is -0.163. The Labute approximate surface area is 408 Å². The van der Waals surface area contributed by atoms with Gasteiger partial charge in [0.05, 0.1) is 6.61 Å². The van der Waals surface area contributed by atoms with E-state index >= 15 is 0 Å². The van der Waals surface area contributed by atoms with Gasteiger partial charge in [-0.3, -0.25) is 9.59 Å². The van der Waals surface area contributed by atoms with E-state index in [2.05, 4.69) is 130 Å². The summed E-state index contributed by atoms with van der Waals surface area (Å²) in [6.07, 6.45) is 76.7. The molecule has 1 atom stereocenters. The van der Waals surface area contributed by atoms with Gasteiger partial charge in [-0.1, -0.05) is 233 Å². The molecule has 376 valence electrons. The van der Waals surface area contributed by atoms with E-state index in [1.807, 2.05) is 0 Å². The normalized spacial score (nSPS) is 13.1. The summed E-state index contributed by atoms with van der Waals surface area (Å²) in [5.74, 6) is -0.440. The fraction of sp³-hybridized carbons (Fsp3) is 0.672. The number of esters is 2. The standard InChI is InChI=1S/C61H102O5/c1-4-7-10-13-16-19-22-25-27-29-30-31-33-35-38-41-44-47-50-53-56-64-57-59(66-61(63)55-52-49-46-43-40-36-24-21-18-15-12-9-6-3)58-65-60(62)54-51-48-45-42-39-37-34-32-28-26-23-20-17-14-11-8-5-2/h7-8,10-11,16-17,19-20,25-28,30-31,34-35,37-38,59H,4-6,9,12-15,18,21-24,29,32-33,36,39-58H2,1-3H3/b10-7-,11-8-,19-16-,20-17-,27-25-,28-26-,31-30-,37-34-,38-35-. The molecule has 0 saturated heterocycles. The third-order valence-corrected chi connectivity index (χ3v) is 11.3. The molecule has 0 rings (SSSR count). The Kier molecular flexibility index (Phi) is 53.0. The van der Waals surface area contributed by atoms with Crippen LogP contribution in [0, 0.1) is 0 Å². The predicted octanol–water partition coefficient (Wildman–Crippen LogP) is 18.8. The van der Waals surface area contributed by atoms with E-state index in [0.717, 1.165) is 128 Å². The molecule has 5 heteroatoms. The maximum Gasteiger partial charge on any atom is 0.306 e. The first-order valence-electron chi connectivity index (χ1n) is 27.4. The highest BCUT2D eigenvalue weighted by molar-refractivity contribution is 5.70. The Bertz CT molecular complexity index is 1310. The molecule has 0 radical (unpaired) electrons. The van der Waals surface area contributed by atoms with Gasteiger partial charge in [0.15, 0.2) is 6.10 Å². The molecule has 0 aromatic carbocycles. The van der Waals surface area contributed by atoms with Gasteiger partial charge >= 0.3 is 11.9 Å². The van der Waals surface area contributed by atoms with Crippen LogP contribution in [0.5, 0.6) is 0 Å². The molecule has 0 bridgehead atoms. The molecule has 66 heavy (non-hydrogen) atoms. The minimum absolute atomic E-state index is 0.0578. The van der Waals surface area contributed by atoms with Crippen LogP contribution in [0.3, 0.4) is 0 Å². The molecule has 0 fully saturated rings. The van der Waals surface area contributed by atoms with E-state index in [1.165, 1.54) is 77.0 Å². The van der Waals surface area contributed by atoms with Crippen LogP contribution in [0.1, 0.15) is 239 Å². The second-order valence-electron chi connectivity index (χ2n) is 17.7. The molecule has 0 saturated carbocycles. The van der Waals surface area contributed by atoms with E-state index in [9.17, 15) is 9.59 Å². The van der Waals surface area contributed by atoms with Gasteiger partial charge in [-0.05, 0) is 103 Å². The minimum Gasteiger partial charge on any atom is -0.462 e. The van der Waals surface area contributed by atoms with Gasteiger partial charge in [0.1, 0.15) is 6.61 Å². The van der Waals surface area contributed by atoms with Gasteiger partial charge in [0.25, 0.3) is 0 Å². The zero-order valence-corrected chi connectivity index (χ0v) is 43.2. The third-order valence-electron chi connectivity index (χ3n) is 11.3. The Morgan fingerprint density at radius 3 is 1.09 bits per heavy atom. The Balaban J connectivity index is 4.37. The van der Waals surface area contributed by atoms with E-state index in [0.29, 0.717) is 19.4 Å². The number of allylic oxidation sites excluding steroid dienone is 18. The summed E-state index contributed by atoms with van der Waals surface area (Å²) < 4.78 is 17.4. The summed E-state index contributed by atoms with van der Waals surface area (Å²) >= 11 is 0. The van der Waals surface area contributed by atoms with Crippen LogP contribution in [0.25, 0.3) is 0 Å². The molecule has 0 spiro atoms.